The molecule has 3 aromatic rings. The molecule has 0 saturated heterocycles. The minimum absolute atomic E-state index is 0.00932. The standard InChI is InChI=1S/C19H19ClN2O2/c1-14-12-15(20)8-9-18(14)24-11-5-4-10-22-13-21-17-7-3-2-6-16(17)19(22)23/h2-3,6-9,12-13H,4-5,10-11H2,1H3. The second-order valence-corrected chi connectivity index (χ2v) is 6.16. The van der Waals surface area contributed by atoms with Crippen LogP contribution in [0.5, 0.6) is 5.75 Å². The summed E-state index contributed by atoms with van der Waals surface area (Å²) >= 11 is 5.93. The van der Waals surface area contributed by atoms with Crippen molar-refractivity contribution in [1.82, 2.24) is 9.55 Å². The summed E-state index contributed by atoms with van der Waals surface area (Å²) in [5.74, 6) is 0.851. The van der Waals surface area contributed by atoms with Gasteiger partial charge in [-0.2, -0.15) is 0 Å². The first kappa shape index (κ1) is 16.5. The molecule has 0 amide bonds. The zero-order chi connectivity index (χ0) is 16.9. The third kappa shape index (κ3) is 3.77. The van der Waals surface area contributed by atoms with Crippen molar-refractivity contribution < 1.29 is 4.74 Å². The number of hydrogen-bond acceptors (Lipinski definition) is 3. The molecule has 24 heavy (non-hydrogen) atoms. The molecule has 1 heterocycles. The topological polar surface area (TPSA) is 44.1 Å². The van der Waals surface area contributed by atoms with Crippen molar-refractivity contribution in [3.63, 3.8) is 0 Å². The first-order valence-electron chi connectivity index (χ1n) is 7.98. The van der Waals surface area contributed by atoms with Crippen molar-refractivity contribution in [3.8, 4) is 5.75 Å². The molecule has 0 aliphatic carbocycles. The van der Waals surface area contributed by atoms with Crippen molar-refractivity contribution in [2.24, 2.45) is 0 Å². The van der Waals surface area contributed by atoms with E-state index in [0.717, 1.165) is 29.7 Å². The van der Waals surface area contributed by atoms with Gasteiger partial charge in [0.05, 0.1) is 23.8 Å². The van der Waals surface area contributed by atoms with Crippen LogP contribution in [0.2, 0.25) is 5.02 Å². The smallest absolute Gasteiger partial charge is 0.261 e. The van der Waals surface area contributed by atoms with Gasteiger partial charge in [-0.25, -0.2) is 4.98 Å². The molecule has 0 radical (unpaired) electrons. The summed E-state index contributed by atoms with van der Waals surface area (Å²) in [6.45, 7) is 3.22. The molecule has 0 unspecified atom stereocenters. The lowest BCUT2D eigenvalue weighted by molar-refractivity contribution is 0.301. The van der Waals surface area contributed by atoms with E-state index in [-0.39, 0.29) is 5.56 Å². The lowest BCUT2D eigenvalue weighted by atomic mass is 10.2. The van der Waals surface area contributed by atoms with Crippen molar-refractivity contribution in [1.29, 1.82) is 0 Å². The van der Waals surface area contributed by atoms with Gasteiger partial charge < -0.3 is 4.74 Å². The number of halogens is 1. The quantitative estimate of drug-likeness (QED) is 0.630. The van der Waals surface area contributed by atoms with Gasteiger partial charge in [0.1, 0.15) is 5.75 Å². The van der Waals surface area contributed by atoms with E-state index < -0.39 is 0 Å². The summed E-state index contributed by atoms with van der Waals surface area (Å²) in [7, 11) is 0. The van der Waals surface area contributed by atoms with Crippen LogP contribution in [-0.4, -0.2) is 16.2 Å². The Morgan fingerprint density at radius 1 is 1.17 bits per heavy atom. The molecule has 5 heteroatoms. The lowest BCUT2D eigenvalue weighted by Crippen LogP contribution is -2.20. The van der Waals surface area contributed by atoms with Crippen LogP contribution in [0, 0.1) is 6.92 Å². The number of aryl methyl sites for hydroxylation is 2. The van der Waals surface area contributed by atoms with Crippen LogP contribution in [0.4, 0.5) is 0 Å². The third-order valence-corrected chi connectivity index (χ3v) is 4.15. The molecule has 0 saturated carbocycles. The Kier molecular flexibility index (Phi) is 5.16. The summed E-state index contributed by atoms with van der Waals surface area (Å²) in [5, 5.41) is 1.37. The van der Waals surface area contributed by atoms with Crippen molar-refractivity contribution in [2.75, 3.05) is 6.61 Å². The monoisotopic (exact) mass is 342 g/mol. The number of ether oxygens (including phenoxy) is 1. The summed E-state index contributed by atoms with van der Waals surface area (Å²) in [5.41, 5.74) is 1.77. The summed E-state index contributed by atoms with van der Waals surface area (Å²) in [4.78, 5) is 16.7. The van der Waals surface area contributed by atoms with Crippen LogP contribution in [0.3, 0.4) is 0 Å². The summed E-state index contributed by atoms with van der Waals surface area (Å²) in [6.07, 6.45) is 3.34. The van der Waals surface area contributed by atoms with Gasteiger partial charge in [-0.3, -0.25) is 9.36 Å². The first-order chi connectivity index (χ1) is 11.6. The molecule has 0 bridgehead atoms. The predicted octanol–water partition coefficient (Wildman–Crippen LogP) is 4.22. The maximum Gasteiger partial charge on any atom is 0.261 e. The molecule has 4 nitrogen and oxygen atoms in total. The van der Waals surface area contributed by atoms with Gasteiger partial charge in [-0.05, 0) is 55.7 Å². The Morgan fingerprint density at radius 2 is 2.00 bits per heavy atom. The van der Waals surface area contributed by atoms with Gasteiger partial charge in [0, 0.05) is 11.6 Å². The largest absolute Gasteiger partial charge is 0.493 e. The molecule has 124 valence electrons. The Bertz CT molecular complexity index is 905. The highest BCUT2D eigenvalue weighted by atomic mass is 35.5. The van der Waals surface area contributed by atoms with Crippen molar-refractivity contribution in [3.05, 3.63) is 69.7 Å². The summed E-state index contributed by atoms with van der Waals surface area (Å²) in [6, 6.07) is 13.0. The van der Waals surface area contributed by atoms with E-state index in [1.807, 2.05) is 49.4 Å². The highest BCUT2D eigenvalue weighted by Gasteiger charge is 2.04. The number of rotatable bonds is 6. The van der Waals surface area contributed by atoms with Gasteiger partial charge >= 0.3 is 0 Å². The van der Waals surface area contributed by atoms with Gasteiger partial charge in [0.15, 0.2) is 0 Å². The normalized spacial score (nSPS) is 10.9. The molecule has 0 spiro atoms. The number of benzene rings is 2. The number of fused-ring (bicyclic) bond motifs is 1. The maximum absolute atomic E-state index is 12.4. The highest BCUT2D eigenvalue weighted by Crippen LogP contribution is 2.21. The van der Waals surface area contributed by atoms with Crippen LogP contribution in [0.1, 0.15) is 18.4 Å². The first-order valence-corrected chi connectivity index (χ1v) is 8.36. The third-order valence-electron chi connectivity index (χ3n) is 3.92. The van der Waals surface area contributed by atoms with Gasteiger partial charge in [0.2, 0.25) is 0 Å². The second-order valence-electron chi connectivity index (χ2n) is 5.73. The molecule has 0 fully saturated rings. The zero-order valence-electron chi connectivity index (χ0n) is 13.5. The van der Waals surface area contributed by atoms with E-state index >= 15 is 0 Å². The molecular weight excluding hydrogens is 324 g/mol. The summed E-state index contributed by atoms with van der Waals surface area (Å²) < 4.78 is 7.43. The van der Waals surface area contributed by atoms with Gasteiger partial charge in [-0.15, -0.1) is 0 Å². The molecule has 0 aliphatic rings. The highest BCUT2D eigenvalue weighted by molar-refractivity contribution is 6.30. The fourth-order valence-electron chi connectivity index (χ4n) is 2.61. The van der Waals surface area contributed by atoms with Crippen LogP contribution in [0.25, 0.3) is 10.9 Å². The minimum atomic E-state index is 0.00932. The Labute approximate surface area is 145 Å². The zero-order valence-corrected chi connectivity index (χ0v) is 14.3. The molecule has 0 N–H and O–H groups in total. The van der Waals surface area contributed by atoms with E-state index in [9.17, 15) is 4.79 Å². The molecule has 2 aromatic carbocycles. The SMILES string of the molecule is Cc1cc(Cl)ccc1OCCCCn1cnc2ccccc2c1=O. The number of nitrogens with zero attached hydrogens (tertiary/aromatic N) is 2. The molecular formula is C19H19ClN2O2. The molecule has 3 rings (SSSR count). The van der Waals surface area contributed by atoms with E-state index in [4.69, 9.17) is 16.3 Å². The molecule has 0 aliphatic heterocycles. The molecule has 1 aromatic heterocycles. The molecule has 0 atom stereocenters. The van der Waals surface area contributed by atoms with E-state index in [2.05, 4.69) is 4.98 Å². The number of aromatic nitrogens is 2. The van der Waals surface area contributed by atoms with E-state index in [0.29, 0.717) is 23.6 Å². The average molecular weight is 343 g/mol. The van der Waals surface area contributed by atoms with Gasteiger partial charge in [-0.1, -0.05) is 23.7 Å². The number of hydrogen-bond donors (Lipinski definition) is 0. The number of unbranched alkanes of at least 4 members (excludes halogenated alkanes) is 1. The Hall–Kier alpha value is -2.33. The minimum Gasteiger partial charge on any atom is -0.493 e. The fraction of sp³-hybridized carbons (Fsp3) is 0.263. The average Bonchev–Trinajstić information content (AvgIpc) is 2.58. The second kappa shape index (κ2) is 7.49. The Morgan fingerprint density at radius 3 is 2.83 bits per heavy atom. The van der Waals surface area contributed by atoms with Crippen LogP contribution < -0.4 is 10.3 Å². The van der Waals surface area contributed by atoms with Crippen molar-refractivity contribution >= 4 is 22.5 Å². The Balaban J connectivity index is 1.53. The van der Waals surface area contributed by atoms with Crippen LogP contribution in [-0.2, 0) is 6.54 Å². The van der Waals surface area contributed by atoms with Crippen LogP contribution >= 0.6 is 11.6 Å². The van der Waals surface area contributed by atoms with Gasteiger partial charge in [0.25, 0.3) is 5.56 Å². The fourth-order valence-corrected chi connectivity index (χ4v) is 2.83. The number of para-hydroxylation sites is 1. The lowest BCUT2D eigenvalue weighted by Gasteiger charge is -2.10. The predicted molar refractivity (Wildman–Crippen MR) is 96.9 cm³/mol. The maximum atomic E-state index is 12.4. The van der Waals surface area contributed by atoms with Crippen LogP contribution in [0.15, 0.2) is 53.6 Å². The van der Waals surface area contributed by atoms with E-state index in [1.165, 1.54) is 0 Å². The van der Waals surface area contributed by atoms with E-state index in [1.54, 1.807) is 10.9 Å². The van der Waals surface area contributed by atoms with Crippen molar-refractivity contribution in [2.45, 2.75) is 26.3 Å².